The Hall–Kier alpha value is -2.34. The number of nitrogens with zero attached hydrogens (tertiary/aromatic N) is 2. The lowest BCUT2D eigenvalue weighted by Gasteiger charge is -2.19. The first-order valence-corrected chi connectivity index (χ1v) is 7.49. The first kappa shape index (κ1) is 16.0. The fraction of sp³-hybridized carbons (Fsp3) is 0.250. The van der Waals surface area contributed by atoms with E-state index < -0.39 is 0 Å². The van der Waals surface area contributed by atoms with Gasteiger partial charge >= 0.3 is 0 Å². The topological polar surface area (TPSA) is 51.7 Å². The molecule has 0 atom stereocenters. The number of hydrogen-bond donors (Lipinski definition) is 0. The fourth-order valence-electron chi connectivity index (χ4n) is 2.06. The van der Waals surface area contributed by atoms with Crippen LogP contribution < -0.4 is 19.9 Å². The Morgan fingerprint density at radius 2 is 1.77 bits per heavy atom. The zero-order valence-corrected chi connectivity index (χ0v) is 13.5. The van der Waals surface area contributed by atoms with Gasteiger partial charge in [-0.2, -0.15) is 4.98 Å². The van der Waals surface area contributed by atoms with Crippen LogP contribution in [-0.2, 0) is 0 Å². The third kappa shape index (κ3) is 3.12. The molecule has 2 aromatic rings. The average molecular weight is 318 g/mol. The van der Waals surface area contributed by atoms with E-state index in [9.17, 15) is 4.79 Å². The molecule has 0 saturated heterocycles. The number of fused-ring (bicyclic) bond motifs is 1. The van der Waals surface area contributed by atoms with E-state index in [4.69, 9.17) is 9.47 Å². The van der Waals surface area contributed by atoms with E-state index in [-0.39, 0.29) is 5.56 Å². The van der Waals surface area contributed by atoms with Crippen LogP contribution in [0.4, 0.5) is 5.13 Å². The van der Waals surface area contributed by atoms with Crippen LogP contribution in [0.2, 0.25) is 0 Å². The number of anilines is 1. The molecule has 116 valence electrons. The monoisotopic (exact) mass is 318 g/mol. The summed E-state index contributed by atoms with van der Waals surface area (Å²) in [6.45, 7) is 8.64. The van der Waals surface area contributed by atoms with Crippen molar-refractivity contribution in [2.24, 2.45) is 0 Å². The van der Waals surface area contributed by atoms with Gasteiger partial charge < -0.3 is 14.4 Å². The van der Waals surface area contributed by atoms with E-state index in [0.717, 1.165) is 4.70 Å². The molecule has 1 aromatic carbocycles. The molecule has 0 aliphatic carbocycles. The first-order valence-electron chi connectivity index (χ1n) is 6.68. The zero-order valence-electron chi connectivity index (χ0n) is 12.7. The molecule has 0 N–H and O–H groups in total. The first-order chi connectivity index (χ1) is 10.6. The third-order valence-corrected chi connectivity index (χ3v) is 4.17. The van der Waals surface area contributed by atoms with Crippen LogP contribution >= 0.6 is 11.3 Å². The molecule has 0 amide bonds. The van der Waals surface area contributed by atoms with Crippen molar-refractivity contribution in [3.8, 4) is 11.5 Å². The minimum absolute atomic E-state index is 0.289. The molecule has 0 bridgehead atoms. The highest BCUT2D eigenvalue weighted by atomic mass is 32.1. The molecule has 2 rings (SSSR count). The summed E-state index contributed by atoms with van der Waals surface area (Å²) in [5, 5.41) is 1.15. The lowest BCUT2D eigenvalue weighted by Crippen LogP contribution is -2.25. The molecular formula is C16H18N2O3S. The summed E-state index contributed by atoms with van der Waals surface area (Å²) in [4.78, 5) is 18.4. The van der Waals surface area contributed by atoms with Crippen LogP contribution in [0.1, 0.15) is 0 Å². The number of ether oxygens (including phenoxy) is 2. The predicted octanol–water partition coefficient (Wildman–Crippen LogP) is 2.85. The molecule has 0 aliphatic rings. The normalized spacial score (nSPS) is 10.3. The van der Waals surface area contributed by atoms with Crippen LogP contribution in [0, 0.1) is 0 Å². The number of benzene rings is 1. The van der Waals surface area contributed by atoms with Crippen LogP contribution in [-0.4, -0.2) is 32.3 Å². The summed E-state index contributed by atoms with van der Waals surface area (Å²) < 4.78 is 11.3. The maximum Gasteiger partial charge on any atom is 0.281 e. The highest BCUT2D eigenvalue weighted by Gasteiger charge is 2.13. The maximum absolute atomic E-state index is 12.3. The largest absolute Gasteiger partial charge is 0.493 e. The van der Waals surface area contributed by atoms with Crippen molar-refractivity contribution in [1.29, 1.82) is 0 Å². The summed E-state index contributed by atoms with van der Waals surface area (Å²) in [7, 11) is 3.10. The second kappa shape index (κ2) is 7.09. The molecule has 0 radical (unpaired) electrons. The van der Waals surface area contributed by atoms with Crippen LogP contribution in [0.15, 0.2) is 42.2 Å². The smallest absolute Gasteiger partial charge is 0.281 e. The molecule has 0 saturated carbocycles. The van der Waals surface area contributed by atoms with Gasteiger partial charge in [0.15, 0.2) is 16.6 Å². The van der Waals surface area contributed by atoms with Crippen molar-refractivity contribution in [3.63, 3.8) is 0 Å². The summed E-state index contributed by atoms with van der Waals surface area (Å²) in [5.74, 6) is 1.10. The van der Waals surface area contributed by atoms with Crippen molar-refractivity contribution < 1.29 is 9.47 Å². The molecule has 0 aliphatic heterocycles. The Labute approximate surface area is 133 Å². The van der Waals surface area contributed by atoms with Gasteiger partial charge in [0.2, 0.25) is 0 Å². The van der Waals surface area contributed by atoms with Crippen LogP contribution in [0.5, 0.6) is 11.5 Å². The Balaban J connectivity index is 2.62. The molecule has 5 nitrogen and oxygen atoms in total. The van der Waals surface area contributed by atoms with Crippen molar-refractivity contribution in [2.45, 2.75) is 0 Å². The predicted molar refractivity (Wildman–Crippen MR) is 91.6 cm³/mol. The van der Waals surface area contributed by atoms with E-state index in [1.807, 2.05) is 4.90 Å². The Bertz CT molecular complexity index is 745. The Kier molecular flexibility index (Phi) is 5.16. The lowest BCUT2D eigenvalue weighted by atomic mass is 10.2. The second-order valence-electron chi connectivity index (χ2n) is 4.49. The number of rotatable bonds is 7. The number of hydrogen-bond acceptors (Lipinski definition) is 6. The highest BCUT2D eigenvalue weighted by molar-refractivity contribution is 7.21. The quantitative estimate of drug-likeness (QED) is 0.735. The highest BCUT2D eigenvalue weighted by Crippen LogP contribution is 2.34. The minimum Gasteiger partial charge on any atom is -0.493 e. The van der Waals surface area contributed by atoms with E-state index in [1.54, 1.807) is 31.4 Å². The zero-order chi connectivity index (χ0) is 16.1. The second-order valence-corrected chi connectivity index (χ2v) is 5.50. The summed E-state index contributed by atoms with van der Waals surface area (Å²) >= 11 is 1.42. The van der Waals surface area contributed by atoms with Crippen molar-refractivity contribution in [1.82, 2.24) is 4.98 Å². The van der Waals surface area contributed by atoms with Crippen LogP contribution in [0.25, 0.3) is 10.1 Å². The summed E-state index contributed by atoms with van der Waals surface area (Å²) in [6, 6.07) is 3.46. The number of methoxy groups -OCH3 is 2. The van der Waals surface area contributed by atoms with Gasteiger partial charge in [0.05, 0.1) is 19.6 Å². The van der Waals surface area contributed by atoms with E-state index in [0.29, 0.717) is 35.1 Å². The van der Waals surface area contributed by atoms with Crippen molar-refractivity contribution in [3.05, 3.63) is 47.8 Å². The third-order valence-electron chi connectivity index (χ3n) is 3.08. The summed E-state index contributed by atoms with van der Waals surface area (Å²) in [5.41, 5.74) is -0.289. The van der Waals surface area contributed by atoms with Gasteiger partial charge in [0.25, 0.3) is 5.56 Å². The molecule has 6 heteroatoms. The van der Waals surface area contributed by atoms with E-state index >= 15 is 0 Å². The van der Waals surface area contributed by atoms with Crippen LogP contribution in [0.3, 0.4) is 0 Å². The lowest BCUT2D eigenvalue weighted by molar-refractivity contribution is 0.356. The Morgan fingerprint density at radius 1 is 1.18 bits per heavy atom. The standard InChI is InChI=1S/C16H18N2O3S/c1-5-7-18(8-6-2)16-17-15(19)11-9-12(20-3)13(21-4)10-14(11)22-16/h5-6,9-10H,1-2,7-8H2,3-4H3. The van der Waals surface area contributed by atoms with E-state index in [2.05, 4.69) is 18.1 Å². The summed E-state index contributed by atoms with van der Waals surface area (Å²) in [6.07, 6.45) is 3.53. The minimum atomic E-state index is -0.289. The molecular weight excluding hydrogens is 300 g/mol. The van der Waals surface area contributed by atoms with E-state index in [1.165, 1.54) is 18.4 Å². The SMILES string of the molecule is C=CCN(CC=C)c1nc(=O)c2cc(OC)c(OC)cc2s1. The van der Waals surface area contributed by atoms with Crippen molar-refractivity contribution in [2.75, 3.05) is 32.2 Å². The molecule has 0 unspecified atom stereocenters. The van der Waals surface area contributed by atoms with Gasteiger partial charge in [-0.05, 0) is 6.07 Å². The molecule has 1 aromatic heterocycles. The van der Waals surface area contributed by atoms with Gasteiger partial charge in [-0.15, -0.1) is 13.2 Å². The van der Waals surface area contributed by atoms with Gasteiger partial charge in [-0.1, -0.05) is 23.5 Å². The van der Waals surface area contributed by atoms with Gasteiger partial charge in [0, 0.05) is 23.9 Å². The molecule has 0 fully saturated rings. The molecule has 1 heterocycles. The fourth-order valence-corrected chi connectivity index (χ4v) is 3.08. The maximum atomic E-state index is 12.3. The van der Waals surface area contributed by atoms with Crippen molar-refractivity contribution >= 4 is 26.6 Å². The number of aromatic nitrogens is 1. The molecule has 0 spiro atoms. The van der Waals surface area contributed by atoms with Gasteiger partial charge in [-0.25, -0.2) is 0 Å². The molecule has 22 heavy (non-hydrogen) atoms. The van der Waals surface area contributed by atoms with Gasteiger partial charge in [-0.3, -0.25) is 4.79 Å². The Morgan fingerprint density at radius 3 is 2.32 bits per heavy atom. The van der Waals surface area contributed by atoms with Gasteiger partial charge in [0.1, 0.15) is 0 Å². The average Bonchev–Trinajstić information content (AvgIpc) is 2.53.